The number of thioether (sulfide) groups is 1. The highest BCUT2D eigenvalue weighted by Gasteiger charge is 2.30. The summed E-state index contributed by atoms with van der Waals surface area (Å²) >= 11 is 2.99. The molecular formula is C27H23N5O4S3. The van der Waals surface area contributed by atoms with E-state index in [-0.39, 0.29) is 10.7 Å². The SMILES string of the molecule is COC(=O)CN(c1ccc2nc(SCc3ccc(C(=N)N)cc3)sc2c1)S(=O)(=O)c1cccc2cccnc12. The van der Waals surface area contributed by atoms with Crippen LogP contribution < -0.4 is 10.0 Å². The number of nitrogens with two attached hydrogens (primary N) is 1. The lowest BCUT2D eigenvalue weighted by molar-refractivity contribution is -0.138. The fourth-order valence-corrected chi connectivity index (χ4v) is 7.56. The van der Waals surface area contributed by atoms with Crippen LogP contribution in [-0.4, -0.2) is 43.8 Å². The molecule has 0 saturated carbocycles. The molecule has 3 N–H and O–H groups in total. The minimum absolute atomic E-state index is 0.000871. The maximum Gasteiger partial charge on any atom is 0.326 e. The summed E-state index contributed by atoms with van der Waals surface area (Å²) in [6, 6.07) is 21.0. The standard InChI is InChI=1S/C27H23N5O4S3/c1-36-24(33)15-32(39(34,35)23-6-2-4-18-5-3-13-30-25(18)23)20-11-12-21-22(14-20)38-27(31-21)37-16-17-7-9-19(10-8-17)26(28)29/h2-14H,15-16H2,1H3,(H3,28,29). The number of fused-ring (bicyclic) bond motifs is 2. The molecule has 39 heavy (non-hydrogen) atoms. The van der Waals surface area contributed by atoms with Gasteiger partial charge < -0.3 is 10.5 Å². The second-order valence-corrected chi connectivity index (χ2v) is 12.5. The molecule has 0 atom stereocenters. The zero-order valence-electron chi connectivity index (χ0n) is 20.7. The first kappa shape index (κ1) is 26.6. The van der Waals surface area contributed by atoms with E-state index in [2.05, 4.69) is 9.97 Å². The smallest absolute Gasteiger partial charge is 0.326 e. The van der Waals surface area contributed by atoms with Crippen LogP contribution in [0, 0.1) is 5.41 Å². The molecule has 198 valence electrons. The zero-order chi connectivity index (χ0) is 27.6. The fourth-order valence-electron chi connectivity index (χ4n) is 3.93. The van der Waals surface area contributed by atoms with E-state index in [1.807, 2.05) is 24.3 Å². The molecule has 12 heteroatoms. The van der Waals surface area contributed by atoms with Crippen molar-refractivity contribution in [3.05, 3.63) is 90.1 Å². The van der Waals surface area contributed by atoms with Crippen molar-refractivity contribution in [3.63, 3.8) is 0 Å². The number of carbonyl (C=O) groups is 1. The number of nitrogens with one attached hydrogen (secondary N) is 1. The molecule has 3 aromatic carbocycles. The van der Waals surface area contributed by atoms with Crippen LogP contribution in [0.1, 0.15) is 11.1 Å². The summed E-state index contributed by atoms with van der Waals surface area (Å²) in [6.07, 6.45) is 1.53. The average Bonchev–Trinajstić information content (AvgIpc) is 3.36. The van der Waals surface area contributed by atoms with E-state index in [9.17, 15) is 13.2 Å². The van der Waals surface area contributed by atoms with Gasteiger partial charge in [-0.2, -0.15) is 0 Å². The van der Waals surface area contributed by atoms with Gasteiger partial charge in [-0.25, -0.2) is 13.4 Å². The number of esters is 1. The summed E-state index contributed by atoms with van der Waals surface area (Å²) in [6.45, 7) is -0.496. The Balaban J connectivity index is 1.47. The number of para-hydroxylation sites is 1. The van der Waals surface area contributed by atoms with Gasteiger partial charge in [0.1, 0.15) is 17.3 Å². The molecule has 5 rings (SSSR count). The van der Waals surface area contributed by atoms with Gasteiger partial charge in [0.15, 0.2) is 4.34 Å². The fraction of sp³-hybridized carbons (Fsp3) is 0.111. The number of nitrogens with zero attached hydrogens (tertiary/aromatic N) is 3. The Bertz CT molecular complexity index is 1800. The number of nitrogen functional groups attached to an aromatic ring is 1. The lowest BCUT2D eigenvalue weighted by Gasteiger charge is -2.24. The minimum atomic E-state index is -4.18. The van der Waals surface area contributed by atoms with Gasteiger partial charge >= 0.3 is 5.97 Å². The minimum Gasteiger partial charge on any atom is -0.468 e. The first-order chi connectivity index (χ1) is 18.8. The molecule has 0 aliphatic heterocycles. The Morgan fingerprint density at radius 2 is 1.87 bits per heavy atom. The van der Waals surface area contributed by atoms with Gasteiger partial charge in [-0.3, -0.25) is 19.5 Å². The van der Waals surface area contributed by atoms with E-state index in [1.165, 1.54) is 30.7 Å². The molecule has 0 aliphatic carbocycles. The van der Waals surface area contributed by atoms with E-state index in [0.29, 0.717) is 27.9 Å². The number of pyridine rings is 1. The van der Waals surface area contributed by atoms with Gasteiger partial charge in [0.2, 0.25) is 0 Å². The van der Waals surface area contributed by atoms with E-state index in [1.54, 1.807) is 54.2 Å². The van der Waals surface area contributed by atoms with Gasteiger partial charge in [0.05, 0.1) is 28.5 Å². The van der Waals surface area contributed by atoms with Crippen LogP contribution in [0.5, 0.6) is 0 Å². The summed E-state index contributed by atoms with van der Waals surface area (Å²) in [5.41, 5.74) is 8.62. The molecule has 9 nitrogen and oxygen atoms in total. The topological polar surface area (TPSA) is 139 Å². The third-order valence-electron chi connectivity index (χ3n) is 5.93. The van der Waals surface area contributed by atoms with Gasteiger partial charge in [-0.15, -0.1) is 11.3 Å². The number of hydrogen-bond acceptors (Lipinski definition) is 9. The molecule has 0 fully saturated rings. The van der Waals surface area contributed by atoms with E-state index >= 15 is 0 Å². The second kappa shape index (κ2) is 11.0. The lowest BCUT2D eigenvalue weighted by atomic mass is 10.1. The molecule has 0 amide bonds. The molecule has 0 radical (unpaired) electrons. The summed E-state index contributed by atoms with van der Waals surface area (Å²) in [5.74, 6) is 0.00118. The van der Waals surface area contributed by atoms with Crippen LogP contribution in [0.15, 0.2) is 88.2 Å². The van der Waals surface area contributed by atoms with Crippen molar-refractivity contribution in [2.75, 3.05) is 18.0 Å². The van der Waals surface area contributed by atoms with Crippen LogP contribution in [0.4, 0.5) is 5.69 Å². The molecule has 0 unspecified atom stereocenters. The van der Waals surface area contributed by atoms with Crippen LogP contribution in [0.2, 0.25) is 0 Å². The van der Waals surface area contributed by atoms with Crippen molar-refractivity contribution in [2.24, 2.45) is 5.73 Å². The average molecular weight is 578 g/mol. The number of aromatic nitrogens is 2. The zero-order valence-corrected chi connectivity index (χ0v) is 23.1. The largest absolute Gasteiger partial charge is 0.468 e. The molecule has 5 aromatic rings. The predicted molar refractivity (Wildman–Crippen MR) is 155 cm³/mol. The summed E-state index contributed by atoms with van der Waals surface area (Å²) in [4.78, 5) is 21.3. The molecule has 0 saturated heterocycles. The van der Waals surface area contributed by atoms with Crippen molar-refractivity contribution in [1.82, 2.24) is 9.97 Å². The highest BCUT2D eigenvalue weighted by atomic mass is 32.2. The lowest BCUT2D eigenvalue weighted by Crippen LogP contribution is -2.36. The Labute approximate surface area is 233 Å². The number of sulfonamides is 1. The van der Waals surface area contributed by atoms with Crippen LogP contribution in [0.3, 0.4) is 0 Å². The number of rotatable bonds is 9. The number of benzene rings is 3. The van der Waals surface area contributed by atoms with Crippen LogP contribution in [-0.2, 0) is 25.3 Å². The van der Waals surface area contributed by atoms with Crippen LogP contribution >= 0.6 is 23.1 Å². The first-order valence-corrected chi connectivity index (χ1v) is 14.9. The van der Waals surface area contributed by atoms with Crippen molar-refractivity contribution in [1.29, 1.82) is 5.41 Å². The predicted octanol–water partition coefficient (Wildman–Crippen LogP) is 4.79. The number of anilines is 1. The normalized spacial score (nSPS) is 11.5. The second-order valence-electron chi connectivity index (χ2n) is 8.45. The van der Waals surface area contributed by atoms with E-state index in [0.717, 1.165) is 24.4 Å². The highest BCUT2D eigenvalue weighted by Crippen LogP contribution is 2.35. The van der Waals surface area contributed by atoms with Crippen molar-refractivity contribution >= 4 is 71.7 Å². The van der Waals surface area contributed by atoms with E-state index in [4.69, 9.17) is 15.9 Å². The quantitative estimate of drug-likeness (QED) is 0.110. The van der Waals surface area contributed by atoms with Gasteiger partial charge in [0, 0.05) is 22.9 Å². The molecule has 2 aromatic heterocycles. The van der Waals surface area contributed by atoms with Crippen molar-refractivity contribution in [2.45, 2.75) is 15.0 Å². The number of methoxy groups -OCH3 is 1. The maximum atomic E-state index is 13.9. The molecule has 0 aliphatic rings. The number of ether oxygens (including phenoxy) is 1. The highest BCUT2D eigenvalue weighted by molar-refractivity contribution is 8.00. The Kier molecular flexibility index (Phi) is 7.51. The number of amidine groups is 1. The number of hydrogen-bond donors (Lipinski definition) is 2. The first-order valence-electron chi connectivity index (χ1n) is 11.7. The van der Waals surface area contributed by atoms with Crippen molar-refractivity contribution in [3.8, 4) is 0 Å². The van der Waals surface area contributed by atoms with Gasteiger partial charge in [0.25, 0.3) is 10.0 Å². The van der Waals surface area contributed by atoms with Crippen molar-refractivity contribution < 1.29 is 17.9 Å². The molecule has 0 spiro atoms. The molecular weight excluding hydrogens is 555 g/mol. The Morgan fingerprint density at radius 1 is 1.10 bits per heavy atom. The third kappa shape index (κ3) is 5.58. The summed E-state index contributed by atoms with van der Waals surface area (Å²) in [5, 5.41) is 8.19. The Morgan fingerprint density at radius 3 is 2.62 bits per heavy atom. The Hall–Kier alpha value is -4.00. The third-order valence-corrected chi connectivity index (χ3v) is 9.97. The van der Waals surface area contributed by atoms with Crippen LogP contribution in [0.25, 0.3) is 21.1 Å². The monoisotopic (exact) mass is 577 g/mol. The van der Waals surface area contributed by atoms with E-state index < -0.39 is 22.5 Å². The van der Waals surface area contributed by atoms with Gasteiger partial charge in [-0.05, 0) is 35.9 Å². The summed E-state index contributed by atoms with van der Waals surface area (Å²) in [7, 11) is -2.96. The number of thiazole rings is 1. The molecule has 2 heterocycles. The summed E-state index contributed by atoms with van der Waals surface area (Å²) < 4.78 is 35.3. The molecule has 0 bridgehead atoms. The van der Waals surface area contributed by atoms with Gasteiger partial charge in [-0.1, -0.05) is 54.2 Å². The maximum absolute atomic E-state index is 13.9. The number of carbonyl (C=O) groups excluding carboxylic acids is 1.